The number of nitrogens with zero attached hydrogens (tertiary/aromatic N) is 2. The second-order valence-electron chi connectivity index (χ2n) is 6.28. The summed E-state index contributed by atoms with van der Waals surface area (Å²) in [5.41, 5.74) is 1.65. The number of rotatable bonds is 5. The first-order valence-electron chi connectivity index (χ1n) is 7.39. The molecule has 2 atom stereocenters. The zero-order valence-corrected chi connectivity index (χ0v) is 12.5. The van der Waals surface area contributed by atoms with Crippen LogP contribution < -0.4 is 5.32 Å². The Hall–Kier alpha value is -0.930. The van der Waals surface area contributed by atoms with Gasteiger partial charge in [-0.1, -0.05) is 19.8 Å². The Morgan fingerprint density at radius 1 is 1.37 bits per heavy atom. The molecule has 3 nitrogen and oxygen atoms in total. The number of hydrogen-bond acceptors (Lipinski definition) is 3. The summed E-state index contributed by atoms with van der Waals surface area (Å²) in [6.07, 6.45) is 9.09. The minimum absolute atomic E-state index is 0.338. The van der Waals surface area contributed by atoms with E-state index in [0.29, 0.717) is 5.54 Å². The molecule has 1 aromatic heterocycles. The predicted octanol–water partition coefficient (Wildman–Crippen LogP) is 2.68. The summed E-state index contributed by atoms with van der Waals surface area (Å²) in [7, 11) is 4.46. The molecule has 3 heteroatoms. The first kappa shape index (κ1) is 14.5. The Morgan fingerprint density at radius 3 is 2.74 bits per heavy atom. The van der Waals surface area contributed by atoms with Crippen LogP contribution >= 0.6 is 0 Å². The summed E-state index contributed by atoms with van der Waals surface area (Å²) >= 11 is 0. The lowest BCUT2D eigenvalue weighted by molar-refractivity contribution is 0.0749. The van der Waals surface area contributed by atoms with Crippen molar-refractivity contribution in [3.05, 3.63) is 30.1 Å². The minimum atomic E-state index is 0.338. The van der Waals surface area contributed by atoms with Crippen molar-refractivity contribution < 1.29 is 0 Å². The first-order valence-corrected chi connectivity index (χ1v) is 7.39. The summed E-state index contributed by atoms with van der Waals surface area (Å²) in [6.45, 7) is 4.40. The normalized spacial score (nSPS) is 27.7. The highest BCUT2D eigenvalue weighted by atomic mass is 15.2. The van der Waals surface area contributed by atoms with Gasteiger partial charge in [-0.3, -0.25) is 4.98 Å². The molecule has 1 aromatic rings. The number of likely N-dealkylation sites (N-methyl/N-ethyl adjacent to an activating group) is 1. The molecule has 1 fully saturated rings. The van der Waals surface area contributed by atoms with Crippen LogP contribution in [0.4, 0.5) is 0 Å². The van der Waals surface area contributed by atoms with E-state index in [0.717, 1.165) is 19.0 Å². The van der Waals surface area contributed by atoms with Gasteiger partial charge in [0, 0.05) is 31.0 Å². The summed E-state index contributed by atoms with van der Waals surface area (Å²) in [5.74, 6) is 0.846. The fourth-order valence-electron chi connectivity index (χ4n) is 3.30. The van der Waals surface area contributed by atoms with Crippen molar-refractivity contribution in [1.82, 2.24) is 15.2 Å². The van der Waals surface area contributed by atoms with E-state index in [1.54, 1.807) is 0 Å². The fourth-order valence-corrected chi connectivity index (χ4v) is 3.30. The second kappa shape index (κ2) is 6.49. The molecule has 0 spiro atoms. The Bertz CT molecular complexity index is 377. The third-order valence-corrected chi connectivity index (χ3v) is 4.55. The Morgan fingerprint density at radius 2 is 2.11 bits per heavy atom. The highest BCUT2D eigenvalue weighted by molar-refractivity contribution is 5.09. The summed E-state index contributed by atoms with van der Waals surface area (Å²) in [6, 6.07) is 4.16. The van der Waals surface area contributed by atoms with Gasteiger partial charge >= 0.3 is 0 Å². The maximum atomic E-state index is 4.06. The van der Waals surface area contributed by atoms with Crippen molar-refractivity contribution in [2.45, 2.75) is 44.7 Å². The molecule has 0 saturated heterocycles. The molecule has 2 rings (SSSR count). The van der Waals surface area contributed by atoms with Crippen LogP contribution in [-0.4, -0.2) is 36.1 Å². The average Bonchev–Trinajstić information content (AvgIpc) is 2.40. The van der Waals surface area contributed by atoms with Gasteiger partial charge in [0.15, 0.2) is 0 Å². The molecule has 1 saturated carbocycles. The third-order valence-electron chi connectivity index (χ3n) is 4.55. The predicted molar refractivity (Wildman–Crippen MR) is 80.0 cm³/mol. The summed E-state index contributed by atoms with van der Waals surface area (Å²) in [4.78, 5) is 6.49. The van der Waals surface area contributed by atoms with Crippen LogP contribution in [0.2, 0.25) is 0 Å². The van der Waals surface area contributed by atoms with E-state index in [-0.39, 0.29) is 0 Å². The molecule has 0 bridgehead atoms. The van der Waals surface area contributed by atoms with Crippen molar-refractivity contribution in [3.8, 4) is 0 Å². The lowest BCUT2D eigenvalue weighted by atomic mass is 9.75. The van der Waals surface area contributed by atoms with Crippen molar-refractivity contribution >= 4 is 0 Å². The fraction of sp³-hybridized carbons (Fsp3) is 0.688. The van der Waals surface area contributed by atoms with E-state index < -0.39 is 0 Å². The standard InChI is InChI=1S/C16H27N3/c1-14-5-4-8-16(11-14,19(2)3)13-18-12-15-6-9-17-10-7-15/h6-7,9-10,14,18H,4-5,8,11-13H2,1-3H3. The van der Waals surface area contributed by atoms with Gasteiger partial charge in [-0.25, -0.2) is 0 Å². The Kier molecular flexibility index (Phi) is 4.94. The van der Waals surface area contributed by atoms with E-state index in [2.05, 4.69) is 48.4 Å². The smallest absolute Gasteiger partial charge is 0.0330 e. The Balaban J connectivity index is 1.90. The number of hydrogen-bond donors (Lipinski definition) is 1. The molecule has 1 N–H and O–H groups in total. The lowest BCUT2D eigenvalue weighted by Crippen LogP contribution is -2.54. The van der Waals surface area contributed by atoms with Crippen LogP contribution in [0.25, 0.3) is 0 Å². The van der Waals surface area contributed by atoms with E-state index in [4.69, 9.17) is 0 Å². The number of pyridine rings is 1. The van der Waals surface area contributed by atoms with Crippen molar-refractivity contribution in [1.29, 1.82) is 0 Å². The first-order chi connectivity index (χ1) is 9.12. The number of aromatic nitrogens is 1. The molecule has 1 aliphatic rings. The molecule has 1 heterocycles. The van der Waals surface area contributed by atoms with Crippen LogP contribution in [0.1, 0.15) is 38.2 Å². The van der Waals surface area contributed by atoms with E-state index in [1.807, 2.05) is 12.4 Å². The van der Waals surface area contributed by atoms with Crippen molar-refractivity contribution in [3.63, 3.8) is 0 Å². The monoisotopic (exact) mass is 261 g/mol. The lowest BCUT2D eigenvalue weighted by Gasteiger charge is -2.45. The quantitative estimate of drug-likeness (QED) is 0.883. The minimum Gasteiger partial charge on any atom is -0.311 e. The van der Waals surface area contributed by atoms with Gasteiger partial charge in [0.05, 0.1) is 0 Å². The molecule has 0 radical (unpaired) electrons. The van der Waals surface area contributed by atoms with Crippen molar-refractivity contribution in [2.75, 3.05) is 20.6 Å². The zero-order chi connectivity index (χ0) is 13.7. The van der Waals surface area contributed by atoms with Gasteiger partial charge in [0.25, 0.3) is 0 Å². The van der Waals surface area contributed by atoms with Gasteiger partial charge in [-0.15, -0.1) is 0 Å². The molecule has 0 aliphatic heterocycles. The zero-order valence-electron chi connectivity index (χ0n) is 12.5. The van der Waals surface area contributed by atoms with Gasteiger partial charge in [0.2, 0.25) is 0 Å². The molecular formula is C16H27N3. The topological polar surface area (TPSA) is 28.2 Å². The molecule has 0 aromatic carbocycles. The molecule has 19 heavy (non-hydrogen) atoms. The highest BCUT2D eigenvalue weighted by Crippen LogP contribution is 2.35. The van der Waals surface area contributed by atoms with Crippen LogP contribution in [0, 0.1) is 5.92 Å². The SMILES string of the molecule is CC1CCCC(CNCc2ccncc2)(N(C)C)C1. The maximum absolute atomic E-state index is 4.06. The second-order valence-corrected chi connectivity index (χ2v) is 6.28. The van der Waals surface area contributed by atoms with Gasteiger partial charge in [-0.2, -0.15) is 0 Å². The highest BCUT2D eigenvalue weighted by Gasteiger charge is 2.36. The summed E-state index contributed by atoms with van der Waals surface area (Å²) < 4.78 is 0. The van der Waals surface area contributed by atoms with Crippen LogP contribution in [-0.2, 0) is 6.54 Å². The largest absolute Gasteiger partial charge is 0.311 e. The van der Waals surface area contributed by atoms with Crippen LogP contribution in [0.5, 0.6) is 0 Å². The van der Waals surface area contributed by atoms with E-state index in [9.17, 15) is 0 Å². The van der Waals surface area contributed by atoms with Gasteiger partial charge in [0.1, 0.15) is 0 Å². The average molecular weight is 261 g/mol. The molecule has 0 amide bonds. The van der Waals surface area contributed by atoms with Crippen LogP contribution in [0.15, 0.2) is 24.5 Å². The van der Waals surface area contributed by atoms with Gasteiger partial charge < -0.3 is 10.2 Å². The molecule has 106 valence electrons. The third kappa shape index (κ3) is 3.77. The molecular weight excluding hydrogens is 234 g/mol. The van der Waals surface area contributed by atoms with Crippen LogP contribution in [0.3, 0.4) is 0 Å². The van der Waals surface area contributed by atoms with E-state index >= 15 is 0 Å². The maximum Gasteiger partial charge on any atom is 0.0330 e. The molecule has 2 unspecified atom stereocenters. The Labute approximate surface area is 117 Å². The van der Waals surface area contributed by atoms with E-state index in [1.165, 1.54) is 31.2 Å². The van der Waals surface area contributed by atoms with Gasteiger partial charge in [-0.05, 0) is 50.6 Å². The molecule has 1 aliphatic carbocycles. The summed E-state index contributed by atoms with van der Waals surface area (Å²) in [5, 5.41) is 3.64. The van der Waals surface area contributed by atoms with Crippen molar-refractivity contribution in [2.24, 2.45) is 5.92 Å². The number of nitrogens with one attached hydrogen (secondary N) is 1.